The zero-order chi connectivity index (χ0) is 22.7. The Bertz CT molecular complexity index is 1060. The molecule has 1 saturated heterocycles. The van der Waals surface area contributed by atoms with Crippen LogP contribution in [0, 0.1) is 0 Å². The minimum Gasteiger partial charge on any atom is -0.507 e. The van der Waals surface area contributed by atoms with E-state index in [1.54, 1.807) is 20.3 Å². The molecule has 0 spiro atoms. The first-order valence-electron chi connectivity index (χ1n) is 11.1. The molecule has 32 heavy (non-hydrogen) atoms. The molecule has 2 aromatic rings. The van der Waals surface area contributed by atoms with Crippen LogP contribution in [0.3, 0.4) is 0 Å². The van der Waals surface area contributed by atoms with Gasteiger partial charge in [0.15, 0.2) is 0 Å². The number of carbonyl (C=O) groups is 2. The van der Waals surface area contributed by atoms with E-state index in [2.05, 4.69) is 0 Å². The standard InChI is InChI=1S/C26H29NO5/c1-31-15-7-14-27-23(20-10-5-6-11-21(20)32-2)22(25(29)26(27)30)24(28)19-13-12-17-8-3-4-9-18(17)16-19/h5-6,10-13,16,23,28H,3-4,7-9,14-15H2,1-2H3/b24-22+. The second-order valence-corrected chi connectivity index (χ2v) is 8.27. The van der Waals surface area contributed by atoms with Gasteiger partial charge in [-0.3, -0.25) is 9.59 Å². The van der Waals surface area contributed by atoms with E-state index in [4.69, 9.17) is 9.47 Å². The first kappa shape index (κ1) is 22.1. The van der Waals surface area contributed by atoms with Gasteiger partial charge in [0.1, 0.15) is 11.5 Å². The molecule has 0 radical (unpaired) electrons. The van der Waals surface area contributed by atoms with E-state index in [0.29, 0.717) is 36.4 Å². The number of carbonyl (C=O) groups excluding carboxylic acids is 2. The number of fused-ring (bicyclic) bond motifs is 1. The van der Waals surface area contributed by atoms with Gasteiger partial charge in [0.2, 0.25) is 0 Å². The van der Waals surface area contributed by atoms with Crippen molar-refractivity contribution in [1.29, 1.82) is 0 Å². The lowest BCUT2D eigenvalue weighted by atomic mass is 9.88. The number of likely N-dealkylation sites (tertiary alicyclic amines) is 1. The number of hydrogen-bond donors (Lipinski definition) is 1. The summed E-state index contributed by atoms with van der Waals surface area (Å²) in [5.41, 5.74) is 3.83. The molecule has 168 valence electrons. The Morgan fingerprint density at radius 3 is 2.56 bits per heavy atom. The van der Waals surface area contributed by atoms with Crippen LogP contribution in [-0.2, 0) is 27.2 Å². The number of aliphatic hydroxyl groups is 1. The molecule has 0 saturated carbocycles. The second-order valence-electron chi connectivity index (χ2n) is 8.27. The number of benzene rings is 2. The highest BCUT2D eigenvalue weighted by molar-refractivity contribution is 6.46. The van der Waals surface area contributed by atoms with E-state index in [-0.39, 0.29) is 11.3 Å². The topological polar surface area (TPSA) is 76.1 Å². The molecule has 1 aliphatic heterocycles. The second kappa shape index (κ2) is 9.57. The fourth-order valence-corrected chi connectivity index (χ4v) is 4.74. The Labute approximate surface area is 188 Å². The summed E-state index contributed by atoms with van der Waals surface area (Å²) in [5, 5.41) is 11.3. The smallest absolute Gasteiger partial charge is 0.295 e. The molecule has 1 N–H and O–H groups in total. The van der Waals surface area contributed by atoms with Gasteiger partial charge in [0, 0.05) is 31.4 Å². The molecule has 1 heterocycles. The lowest BCUT2D eigenvalue weighted by Crippen LogP contribution is -2.31. The normalized spacial score (nSPS) is 19.8. The third-order valence-electron chi connectivity index (χ3n) is 6.34. The molecule has 1 aliphatic carbocycles. The van der Waals surface area contributed by atoms with Gasteiger partial charge in [-0.15, -0.1) is 0 Å². The zero-order valence-corrected chi connectivity index (χ0v) is 18.6. The fourth-order valence-electron chi connectivity index (χ4n) is 4.74. The average molecular weight is 436 g/mol. The molecule has 1 unspecified atom stereocenters. The molecule has 2 aromatic carbocycles. The fraction of sp³-hybridized carbons (Fsp3) is 0.385. The number of para-hydroxylation sites is 1. The summed E-state index contributed by atoms with van der Waals surface area (Å²) >= 11 is 0. The minimum absolute atomic E-state index is 0.104. The van der Waals surface area contributed by atoms with Gasteiger partial charge in [-0.2, -0.15) is 0 Å². The number of nitrogens with zero attached hydrogens (tertiary/aromatic N) is 1. The van der Waals surface area contributed by atoms with Gasteiger partial charge < -0.3 is 19.5 Å². The number of ether oxygens (including phenoxy) is 2. The van der Waals surface area contributed by atoms with E-state index in [1.807, 2.05) is 36.4 Å². The van der Waals surface area contributed by atoms with Crippen LogP contribution in [0.4, 0.5) is 0 Å². The summed E-state index contributed by atoms with van der Waals surface area (Å²) in [6, 6.07) is 12.4. The van der Waals surface area contributed by atoms with Crippen LogP contribution in [-0.4, -0.2) is 49.1 Å². The van der Waals surface area contributed by atoms with Gasteiger partial charge in [0.05, 0.1) is 18.7 Å². The quantitative estimate of drug-likeness (QED) is 0.308. The van der Waals surface area contributed by atoms with Crippen LogP contribution in [0.15, 0.2) is 48.0 Å². The number of amides is 1. The van der Waals surface area contributed by atoms with Crippen molar-refractivity contribution in [2.45, 2.75) is 38.1 Å². The van der Waals surface area contributed by atoms with Crippen molar-refractivity contribution >= 4 is 17.4 Å². The van der Waals surface area contributed by atoms with Gasteiger partial charge in [-0.05, 0) is 55.4 Å². The molecular weight excluding hydrogens is 406 g/mol. The van der Waals surface area contributed by atoms with Crippen molar-refractivity contribution in [1.82, 2.24) is 4.90 Å². The summed E-state index contributed by atoms with van der Waals surface area (Å²) in [4.78, 5) is 27.7. The van der Waals surface area contributed by atoms with Crippen molar-refractivity contribution in [2.24, 2.45) is 0 Å². The summed E-state index contributed by atoms with van der Waals surface area (Å²) in [6.45, 7) is 0.800. The number of rotatable bonds is 7. The number of methoxy groups -OCH3 is 2. The van der Waals surface area contributed by atoms with E-state index in [9.17, 15) is 14.7 Å². The van der Waals surface area contributed by atoms with E-state index in [0.717, 1.165) is 19.3 Å². The molecular formula is C26H29NO5. The van der Waals surface area contributed by atoms with Crippen molar-refractivity contribution in [3.63, 3.8) is 0 Å². The van der Waals surface area contributed by atoms with Crippen LogP contribution in [0.1, 0.15) is 47.6 Å². The Kier molecular flexibility index (Phi) is 6.61. The lowest BCUT2D eigenvalue weighted by Gasteiger charge is -2.26. The highest BCUT2D eigenvalue weighted by atomic mass is 16.5. The highest BCUT2D eigenvalue weighted by Gasteiger charge is 2.46. The Morgan fingerprint density at radius 2 is 1.81 bits per heavy atom. The molecule has 0 aromatic heterocycles. The van der Waals surface area contributed by atoms with Gasteiger partial charge in [0.25, 0.3) is 11.7 Å². The molecule has 2 aliphatic rings. The van der Waals surface area contributed by atoms with Crippen LogP contribution < -0.4 is 4.74 Å². The molecule has 4 rings (SSSR count). The molecule has 1 amide bonds. The third kappa shape index (κ3) is 4.02. The summed E-state index contributed by atoms with van der Waals surface area (Å²) in [7, 11) is 3.15. The summed E-state index contributed by atoms with van der Waals surface area (Å²) < 4.78 is 10.7. The number of ketones is 1. The van der Waals surface area contributed by atoms with Gasteiger partial charge in [-0.25, -0.2) is 0 Å². The number of hydrogen-bond acceptors (Lipinski definition) is 5. The maximum absolute atomic E-state index is 13.2. The predicted octanol–water partition coefficient (Wildman–Crippen LogP) is 4.03. The highest BCUT2D eigenvalue weighted by Crippen LogP contribution is 2.42. The Hall–Kier alpha value is -3.12. The maximum atomic E-state index is 13.2. The van der Waals surface area contributed by atoms with E-state index < -0.39 is 17.7 Å². The van der Waals surface area contributed by atoms with Gasteiger partial charge >= 0.3 is 0 Å². The van der Waals surface area contributed by atoms with E-state index >= 15 is 0 Å². The average Bonchev–Trinajstić information content (AvgIpc) is 3.08. The monoisotopic (exact) mass is 435 g/mol. The third-order valence-corrected chi connectivity index (χ3v) is 6.34. The predicted molar refractivity (Wildman–Crippen MR) is 122 cm³/mol. The number of Topliss-reactive ketones (excluding diaryl/α,β-unsaturated/α-hetero) is 1. The van der Waals surface area contributed by atoms with Crippen LogP contribution in [0.2, 0.25) is 0 Å². The van der Waals surface area contributed by atoms with Crippen LogP contribution >= 0.6 is 0 Å². The van der Waals surface area contributed by atoms with Crippen LogP contribution in [0.5, 0.6) is 5.75 Å². The SMILES string of the molecule is COCCCN1C(=O)C(=O)/C(=C(/O)c2ccc3c(c2)CCCC3)C1c1ccccc1OC. The lowest BCUT2D eigenvalue weighted by molar-refractivity contribution is -0.140. The minimum atomic E-state index is -0.723. The Balaban J connectivity index is 1.84. The Morgan fingerprint density at radius 1 is 1.06 bits per heavy atom. The first-order chi connectivity index (χ1) is 15.6. The molecule has 1 atom stereocenters. The molecule has 1 fully saturated rings. The summed E-state index contributed by atoms with van der Waals surface area (Å²) in [5.74, 6) is -0.862. The van der Waals surface area contributed by atoms with Crippen molar-refractivity contribution in [3.05, 3.63) is 70.3 Å². The molecule has 6 heteroatoms. The number of aryl methyl sites for hydroxylation is 2. The van der Waals surface area contributed by atoms with Crippen molar-refractivity contribution in [3.8, 4) is 5.75 Å². The summed E-state index contributed by atoms with van der Waals surface area (Å²) in [6.07, 6.45) is 4.84. The zero-order valence-electron chi connectivity index (χ0n) is 18.6. The maximum Gasteiger partial charge on any atom is 0.295 e. The van der Waals surface area contributed by atoms with Crippen molar-refractivity contribution < 1.29 is 24.2 Å². The van der Waals surface area contributed by atoms with Gasteiger partial charge in [-0.1, -0.05) is 30.3 Å². The molecule has 0 bridgehead atoms. The molecule has 6 nitrogen and oxygen atoms in total. The van der Waals surface area contributed by atoms with Crippen molar-refractivity contribution in [2.75, 3.05) is 27.4 Å². The largest absolute Gasteiger partial charge is 0.507 e. The van der Waals surface area contributed by atoms with E-state index in [1.165, 1.54) is 22.4 Å². The first-order valence-corrected chi connectivity index (χ1v) is 11.1. The number of aliphatic hydroxyl groups excluding tert-OH is 1. The van der Waals surface area contributed by atoms with Crippen LogP contribution in [0.25, 0.3) is 5.76 Å².